The number of aliphatic hydroxyl groups is 1. The van der Waals surface area contributed by atoms with Crippen LogP contribution in [0.4, 0.5) is 0 Å². The molecule has 1 aliphatic rings. The molecule has 1 fully saturated rings. The smallest absolute Gasteiger partial charge is 0.0584 e. The first-order valence-corrected chi connectivity index (χ1v) is 5.14. The third kappa shape index (κ3) is 3.25. The van der Waals surface area contributed by atoms with Crippen molar-refractivity contribution in [1.82, 2.24) is 4.90 Å². The van der Waals surface area contributed by atoms with Crippen LogP contribution in [0.3, 0.4) is 0 Å². The maximum atomic E-state index is 8.70. The Labute approximate surface area is 80.7 Å². The van der Waals surface area contributed by atoms with Crippen molar-refractivity contribution in [3.63, 3.8) is 0 Å². The molecule has 78 valence electrons. The quantitative estimate of drug-likeness (QED) is 0.688. The standard InChI is InChI=1S/C10H21NO2/c1-9(13-2)10-4-6-11(8-10)5-3-7-12/h9-10,12H,3-8H2,1-2H3. The van der Waals surface area contributed by atoms with Crippen LogP contribution in [0, 0.1) is 5.92 Å². The average molecular weight is 187 g/mol. The van der Waals surface area contributed by atoms with E-state index in [0.717, 1.165) is 19.5 Å². The first-order chi connectivity index (χ1) is 6.27. The van der Waals surface area contributed by atoms with Gasteiger partial charge in [-0.1, -0.05) is 0 Å². The Morgan fingerprint density at radius 2 is 2.38 bits per heavy atom. The molecule has 0 aromatic carbocycles. The Hall–Kier alpha value is -0.120. The van der Waals surface area contributed by atoms with E-state index in [0.29, 0.717) is 18.6 Å². The lowest BCUT2D eigenvalue weighted by Crippen LogP contribution is -2.26. The number of ether oxygens (including phenoxy) is 1. The van der Waals surface area contributed by atoms with Crippen molar-refractivity contribution in [2.45, 2.75) is 25.9 Å². The van der Waals surface area contributed by atoms with Crippen LogP contribution in [-0.2, 0) is 4.74 Å². The highest BCUT2D eigenvalue weighted by atomic mass is 16.5. The maximum absolute atomic E-state index is 8.70. The van der Waals surface area contributed by atoms with E-state index in [2.05, 4.69) is 11.8 Å². The van der Waals surface area contributed by atoms with Gasteiger partial charge in [0.25, 0.3) is 0 Å². The Balaban J connectivity index is 2.19. The van der Waals surface area contributed by atoms with Gasteiger partial charge in [0.2, 0.25) is 0 Å². The summed E-state index contributed by atoms with van der Waals surface area (Å²) in [4.78, 5) is 2.41. The minimum Gasteiger partial charge on any atom is -0.396 e. The summed E-state index contributed by atoms with van der Waals surface area (Å²) in [6, 6.07) is 0. The SMILES string of the molecule is COC(C)C1CCN(CCCO)C1. The molecule has 0 saturated carbocycles. The molecule has 3 heteroatoms. The van der Waals surface area contributed by atoms with Crippen LogP contribution in [0.15, 0.2) is 0 Å². The van der Waals surface area contributed by atoms with Crippen LogP contribution in [0.5, 0.6) is 0 Å². The Bertz CT molecular complexity index is 141. The highest BCUT2D eigenvalue weighted by molar-refractivity contribution is 4.79. The molecular formula is C10H21NO2. The molecule has 2 unspecified atom stereocenters. The lowest BCUT2D eigenvalue weighted by molar-refractivity contribution is 0.0693. The lowest BCUT2D eigenvalue weighted by atomic mass is 10.0. The van der Waals surface area contributed by atoms with Crippen molar-refractivity contribution < 1.29 is 9.84 Å². The minimum absolute atomic E-state index is 0.307. The van der Waals surface area contributed by atoms with E-state index in [1.807, 2.05) is 0 Å². The van der Waals surface area contributed by atoms with E-state index in [9.17, 15) is 0 Å². The van der Waals surface area contributed by atoms with E-state index in [1.165, 1.54) is 13.0 Å². The summed E-state index contributed by atoms with van der Waals surface area (Å²) >= 11 is 0. The summed E-state index contributed by atoms with van der Waals surface area (Å²) in [5.41, 5.74) is 0. The molecule has 2 atom stereocenters. The molecule has 0 aromatic heterocycles. The third-order valence-electron chi connectivity index (χ3n) is 2.98. The summed E-state index contributed by atoms with van der Waals surface area (Å²) in [6.07, 6.45) is 2.51. The van der Waals surface area contributed by atoms with Crippen molar-refractivity contribution >= 4 is 0 Å². The summed E-state index contributed by atoms with van der Waals surface area (Å²) < 4.78 is 5.31. The fourth-order valence-electron chi connectivity index (χ4n) is 1.94. The molecular weight excluding hydrogens is 166 g/mol. The highest BCUT2D eigenvalue weighted by Crippen LogP contribution is 2.20. The zero-order valence-corrected chi connectivity index (χ0v) is 8.70. The van der Waals surface area contributed by atoms with Crippen LogP contribution in [0.25, 0.3) is 0 Å². The molecule has 13 heavy (non-hydrogen) atoms. The molecule has 0 aliphatic carbocycles. The number of aliphatic hydroxyl groups excluding tert-OH is 1. The van der Waals surface area contributed by atoms with E-state index in [4.69, 9.17) is 9.84 Å². The predicted octanol–water partition coefficient (Wildman–Crippen LogP) is 0.726. The van der Waals surface area contributed by atoms with Crippen molar-refractivity contribution in [2.24, 2.45) is 5.92 Å². The van der Waals surface area contributed by atoms with Crippen LogP contribution in [-0.4, -0.2) is 49.5 Å². The molecule has 3 nitrogen and oxygen atoms in total. The van der Waals surface area contributed by atoms with Gasteiger partial charge in [0.15, 0.2) is 0 Å². The van der Waals surface area contributed by atoms with Gasteiger partial charge in [-0.15, -0.1) is 0 Å². The van der Waals surface area contributed by atoms with Gasteiger partial charge in [-0.05, 0) is 32.2 Å². The topological polar surface area (TPSA) is 32.7 Å². The van der Waals surface area contributed by atoms with Crippen LogP contribution in [0.1, 0.15) is 19.8 Å². The number of rotatable bonds is 5. The second-order valence-electron chi connectivity index (χ2n) is 3.87. The Morgan fingerprint density at radius 3 is 3.00 bits per heavy atom. The van der Waals surface area contributed by atoms with E-state index in [-0.39, 0.29) is 0 Å². The zero-order chi connectivity index (χ0) is 9.68. The predicted molar refractivity (Wildman–Crippen MR) is 52.7 cm³/mol. The average Bonchev–Trinajstić information content (AvgIpc) is 2.62. The fourth-order valence-corrected chi connectivity index (χ4v) is 1.94. The summed E-state index contributed by atoms with van der Waals surface area (Å²) in [6.45, 7) is 5.78. The number of likely N-dealkylation sites (tertiary alicyclic amines) is 1. The van der Waals surface area contributed by atoms with E-state index < -0.39 is 0 Å². The summed E-state index contributed by atoms with van der Waals surface area (Å²) in [7, 11) is 1.78. The van der Waals surface area contributed by atoms with Gasteiger partial charge in [-0.25, -0.2) is 0 Å². The van der Waals surface area contributed by atoms with Crippen molar-refractivity contribution in [3.05, 3.63) is 0 Å². The molecule has 1 saturated heterocycles. The van der Waals surface area contributed by atoms with E-state index >= 15 is 0 Å². The van der Waals surface area contributed by atoms with E-state index in [1.54, 1.807) is 7.11 Å². The molecule has 1 aliphatic heterocycles. The fraction of sp³-hybridized carbons (Fsp3) is 1.00. The number of hydrogen-bond acceptors (Lipinski definition) is 3. The lowest BCUT2D eigenvalue weighted by Gasteiger charge is -2.18. The molecule has 1 N–H and O–H groups in total. The number of methoxy groups -OCH3 is 1. The first-order valence-electron chi connectivity index (χ1n) is 5.14. The molecule has 0 aromatic rings. The molecule has 1 heterocycles. The molecule has 0 bridgehead atoms. The normalized spacial score (nSPS) is 26.5. The highest BCUT2D eigenvalue weighted by Gasteiger charge is 2.26. The van der Waals surface area contributed by atoms with Crippen molar-refractivity contribution in [2.75, 3.05) is 33.4 Å². The van der Waals surface area contributed by atoms with Crippen LogP contribution >= 0.6 is 0 Å². The first kappa shape index (κ1) is 11.0. The Kier molecular flexibility index (Phi) is 4.70. The largest absolute Gasteiger partial charge is 0.396 e. The molecule has 0 spiro atoms. The second-order valence-corrected chi connectivity index (χ2v) is 3.87. The monoisotopic (exact) mass is 187 g/mol. The summed E-state index contributed by atoms with van der Waals surface area (Å²) in [5.74, 6) is 0.684. The van der Waals surface area contributed by atoms with Gasteiger partial charge >= 0.3 is 0 Å². The maximum Gasteiger partial charge on any atom is 0.0584 e. The number of nitrogens with zero attached hydrogens (tertiary/aromatic N) is 1. The van der Waals surface area contributed by atoms with Crippen molar-refractivity contribution in [1.29, 1.82) is 0 Å². The van der Waals surface area contributed by atoms with Gasteiger partial charge in [0.05, 0.1) is 6.10 Å². The zero-order valence-electron chi connectivity index (χ0n) is 8.70. The Morgan fingerprint density at radius 1 is 1.62 bits per heavy atom. The second kappa shape index (κ2) is 5.58. The molecule has 0 radical (unpaired) electrons. The van der Waals surface area contributed by atoms with Gasteiger partial charge in [-0.2, -0.15) is 0 Å². The number of hydrogen-bond donors (Lipinski definition) is 1. The van der Waals surface area contributed by atoms with Gasteiger partial charge < -0.3 is 14.7 Å². The minimum atomic E-state index is 0.307. The van der Waals surface area contributed by atoms with Crippen molar-refractivity contribution in [3.8, 4) is 0 Å². The molecule has 1 rings (SSSR count). The third-order valence-corrected chi connectivity index (χ3v) is 2.98. The van der Waals surface area contributed by atoms with Gasteiger partial charge in [0, 0.05) is 26.8 Å². The van der Waals surface area contributed by atoms with Crippen LogP contribution in [0.2, 0.25) is 0 Å². The molecule has 0 amide bonds. The van der Waals surface area contributed by atoms with Gasteiger partial charge in [0.1, 0.15) is 0 Å². The van der Waals surface area contributed by atoms with Crippen LogP contribution < -0.4 is 0 Å². The summed E-state index contributed by atoms with van der Waals surface area (Å²) in [5, 5.41) is 8.70. The van der Waals surface area contributed by atoms with Gasteiger partial charge in [-0.3, -0.25) is 0 Å².